The second kappa shape index (κ2) is 7.19. The molecule has 1 aromatic carbocycles. The van der Waals surface area contributed by atoms with Gasteiger partial charge in [-0.1, -0.05) is 13.3 Å². The molecule has 0 aliphatic heterocycles. The van der Waals surface area contributed by atoms with Crippen LogP contribution in [0.3, 0.4) is 0 Å². The van der Waals surface area contributed by atoms with Crippen molar-refractivity contribution in [3.8, 4) is 0 Å². The maximum Gasteiger partial charge on any atom is 0.326 e. The minimum Gasteiger partial charge on any atom is -0.480 e. The Balaban J connectivity index is 2.87. The van der Waals surface area contributed by atoms with Gasteiger partial charge in [0.15, 0.2) is 0 Å². The molecular formula is C13H18N2O5S. The van der Waals surface area contributed by atoms with Crippen molar-refractivity contribution in [2.45, 2.75) is 30.7 Å². The van der Waals surface area contributed by atoms with Crippen LogP contribution in [-0.2, 0) is 14.8 Å². The van der Waals surface area contributed by atoms with Gasteiger partial charge in [0.05, 0.1) is 4.90 Å². The highest BCUT2D eigenvalue weighted by atomic mass is 32.2. The quantitative estimate of drug-likeness (QED) is 0.681. The summed E-state index contributed by atoms with van der Waals surface area (Å²) in [5.41, 5.74) is 0.201. The highest BCUT2D eigenvalue weighted by Gasteiger charge is 2.20. The van der Waals surface area contributed by atoms with Crippen molar-refractivity contribution in [3.05, 3.63) is 29.8 Å². The molecule has 21 heavy (non-hydrogen) atoms. The number of nitrogens with one attached hydrogen (secondary N) is 2. The van der Waals surface area contributed by atoms with Gasteiger partial charge in [-0.05, 0) is 37.7 Å². The lowest BCUT2D eigenvalue weighted by Gasteiger charge is -2.13. The summed E-state index contributed by atoms with van der Waals surface area (Å²) >= 11 is 0. The van der Waals surface area contributed by atoms with Crippen molar-refractivity contribution in [2.75, 3.05) is 7.05 Å². The van der Waals surface area contributed by atoms with Gasteiger partial charge >= 0.3 is 5.97 Å². The average molecular weight is 314 g/mol. The van der Waals surface area contributed by atoms with E-state index in [0.717, 1.165) is 0 Å². The fraction of sp³-hybridized carbons (Fsp3) is 0.385. The van der Waals surface area contributed by atoms with E-state index < -0.39 is 27.9 Å². The van der Waals surface area contributed by atoms with Crippen molar-refractivity contribution in [2.24, 2.45) is 0 Å². The zero-order valence-electron chi connectivity index (χ0n) is 11.8. The number of carboxylic acids is 1. The van der Waals surface area contributed by atoms with Crippen LogP contribution in [-0.4, -0.2) is 38.5 Å². The largest absolute Gasteiger partial charge is 0.480 e. The molecule has 7 nitrogen and oxygen atoms in total. The summed E-state index contributed by atoms with van der Waals surface area (Å²) in [5.74, 6) is -1.65. The SMILES string of the molecule is CCCC(NC(=O)c1ccc(S(=O)(=O)NC)cc1)C(=O)O. The number of carbonyl (C=O) groups is 2. The highest BCUT2D eigenvalue weighted by molar-refractivity contribution is 7.89. The van der Waals surface area contributed by atoms with Crippen molar-refractivity contribution in [1.82, 2.24) is 10.0 Å². The summed E-state index contributed by atoms with van der Waals surface area (Å²) in [4.78, 5) is 22.9. The van der Waals surface area contributed by atoms with Gasteiger partial charge in [0, 0.05) is 5.56 Å². The minimum absolute atomic E-state index is 0.0323. The molecule has 0 bridgehead atoms. The van der Waals surface area contributed by atoms with Gasteiger partial charge in [0.1, 0.15) is 6.04 Å². The molecule has 1 rings (SSSR count). The van der Waals surface area contributed by atoms with E-state index in [2.05, 4.69) is 10.0 Å². The number of carboxylic acid groups (broad SMARTS) is 1. The normalized spacial score (nSPS) is 12.7. The molecule has 0 heterocycles. The number of sulfonamides is 1. The Morgan fingerprint density at radius 2 is 1.81 bits per heavy atom. The first-order chi connectivity index (χ1) is 9.81. The molecule has 1 aromatic rings. The van der Waals surface area contributed by atoms with Gasteiger partial charge in [0.2, 0.25) is 10.0 Å². The summed E-state index contributed by atoms with van der Waals surface area (Å²) in [5, 5.41) is 11.4. The van der Waals surface area contributed by atoms with Crippen molar-refractivity contribution in [3.63, 3.8) is 0 Å². The Kier molecular flexibility index (Phi) is 5.86. The molecule has 0 fully saturated rings. The highest BCUT2D eigenvalue weighted by Crippen LogP contribution is 2.10. The third-order valence-corrected chi connectivity index (χ3v) is 4.31. The zero-order valence-corrected chi connectivity index (χ0v) is 12.6. The molecule has 116 valence electrons. The summed E-state index contributed by atoms with van der Waals surface area (Å²) < 4.78 is 25.3. The van der Waals surface area contributed by atoms with Crippen molar-refractivity contribution < 1.29 is 23.1 Å². The molecule has 0 saturated heterocycles. The molecule has 0 saturated carbocycles. The molecule has 0 spiro atoms. The first kappa shape index (κ1) is 17.1. The maximum atomic E-state index is 11.9. The first-order valence-corrected chi connectivity index (χ1v) is 7.87. The van der Waals surface area contributed by atoms with E-state index in [1.54, 1.807) is 0 Å². The van der Waals surface area contributed by atoms with E-state index in [-0.39, 0.29) is 10.5 Å². The molecule has 3 N–H and O–H groups in total. The molecule has 0 aliphatic carbocycles. The van der Waals surface area contributed by atoms with E-state index in [0.29, 0.717) is 12.8 Å². The first-order valence-electron chi connectivity index (χ1n) is 6.39. The number of benzene rings is 1. The van der Waals surface area contributed by atoms with Crippen LogP contribution < -0.4 is 10.0 Å². The lowest BCUT2D eigenvalue weighted by atomic mass is 10.1. The van der Waals surface area contributed by atoms with Crippen LogP contribution in [0.25, 0.3) is 0 Å². The Morgan fingerprint density at radius 1 is 1.24 bits per heavy atom. The number of amides is 1. The Bertz CT molecular complexity index is 610. The fourth-order valence-corrected chi connectivity index (χ4v) is 2.42. The Labute approximate surface area is 123 Å². The van der Waals surface area contributed by atoms with Gasteiger partial charge < -0.3 is 10.4 Å². The summed E-state index contributed by atoms with van der Waals surface area (Å²) in [7, 11) is -2.27. The van der Waals surface area contributed by atoms with Crippen LogP contribution in [0.2, 0.25) is 0 Å². The summed E-state index contributed by atoms with van der Waals surface area (Å²) in [6, 6.07) is 4.30. The number of aliphatic carboxylic acids is 1. The maximum absolute atomic E-state index is 11.9. The number of carbonyl (C=O) groups excluding carboxylic acids is 1. The van der Waals surface area contributed by atoms with Crippen LogP contribution in [0.4, 0.5) is 0 Å². The molecule has 8 heteroatoms. The van der Waals surface area contributed by atoms with Crippen LogP contribution in [0.1, 0.15) is 30.1 Å². The smallest absolute Gasteiger partial charge is 0.326 e. The predicted molar refractivity (Wildman–Crippen MR) is 76.5 cm³/mol. The molecule has 0 aliphatic rings. The molecule has 0 radical (unpaired) electrons. The van der Waals surface area contributed by atoms with Crippen molar-refractivity contribution in [1.29, 1.82) is 0 Å². The molecule has 1 atom stereocenters. The van der Waals surface area contributed by atoms with Gasteiger partial charge in [0.25, 0.3) is 5.91 Å². The van der Waals surface area contributed by atoms with E-state index in [1.165, 1.54) is 31.3 Å². The van der Waals surface area contributed by atoms with Crippen LogP contribution in [0.15, 0.2) is 29.2 Å². The monoisotopic (exact) mass is 314 g/mol. The lowest BCUT2D eigenvalue weighted by molar-refractivity contribution is -0.139. The molecule has 1 unspecified atom stereocenters. The van der Waals surface area contributed by atoms with E-state index in [4.69, 9.17) is 5.11 Å². The van der Waals surface area contributed by atoms with Gasteiger partial charge in [-0.2, -0.15) is 0 Å². The minimum atomic E-state index is -3.56. The van der Waals surface area contributed by atoms with Gasteiger partial charge in [-0.3, -0.25) is 4.79 Å². The number of hydrogen-bond donors (Lipinski definition) is 3. The second-order valence-corrected chi connectivity index (χ2v) is 6.27. The van der Waals surface area contributed by atoms with E-state index in [9.17, 15) is 18.0 Å². The third kappa shape index (κ3) is 4.54. The standard InChI is InChI=1S/C13H18N2O5S/c1-3-4-11(13(17)18)15-12(16)9-5-7-10(8-6-9)21(19,20)14-2/h5-8,11,14H,3-4H2,1-2H3,(H,15,16)(H,17,18). The average Bonchev–Trinajstić information content (AvgIpc) is 2.46. The Morgan fingerprint density at radius 3 is 2.24 bits per heavy atom. The lowest BCUT2D eigenvalue weighted by Crippen LogP contribution is -2.40. The second-order valence-electron chi connectivity index (χ2n) is 4.38. The fourth-order valence-electron chi connectivity index (χ4n) is 1.69. The van der Waals surface area contributed by atoms with Gasteiger partial charge in [-0.15, -0.1) is 0 Å². The third-order valence-electron chi connectivity index (χ3n) is 2.88. The summed E-state index contributed by atoms with van der Waals surface area (Å²) in [6.45, 7) is 1.82. The zero-order chi connectivity index (χ0) is 16.0. The predicted octanol–water partition coefficient (Wildman–Crippen LogP) is 0.578. The summed E-state index contributed by atoms with van der Waals surface area (Å²) in [6.07, 6.45) is 0.948. The van der Waals surface area contributed by atoms with Crippen LogP contribution in [0.5, 0.6) is 0 Å². The number of rotatable bonds is 7. The van der Waals surface area contributed by atoms with Gasteiger partial charge in [-0.25, -0.2) is 17.9 Å². The topological polar surface area (TPSA) is 113 Å². The van der Waals surface area contributed by atoms with E-state index in [1.807, 2.05) is 6.92 Å². The van der Waals surface area contributed by atoms with Crippen LogP contribution >= 0.6 is 0 Å². The number of hydrogen-bond acceptors (Lipinski definition) is 4. The van der Waals surface area contributed by atoms with Crippen molar-refractivity contribution >= 4 is 21.9 Å². The van der Waals surface area contributed by atoms with E-state index >= 15 is 0 Å². The van der Waals surface area contributed by atoms with Crippen LogP contribution in [0, 0.1) is 0 Å². The molecular weight excluding hydrogens is 296 g/mol. The molecule has 1 amide bonds. The Hall–Kier alpha value is -1.93. The molecule has 0 aromatic heterocycles.